The summed E-state index contributed by atoms with van der Waals surface area (Å²) in [7, 11) is 3.92. The Morgan fingerprint density at radius 1 is 0.867 bits per heavy atom. The number of carbonyl (C=O) groups excluding carboxylic acids is 2. The minimum atomic E-state index is -0.404. The molecule has 0 fully saturated rings. The van der Waals surface area contributed by atoms with E-state index in [9.17, 15) is 9.59 Å². The fraction of sp³-hybridized carbons (Fsp3) is 0.0833. The number of anilines is 2. The molecule has 0 heterocycles. The van der Waals surface area contributed by atoms with Gasteiger partial charge in [-0.25, -0.2) is 0 Å². The predicted octanol–water partition coefficient (Wildman–Crippen LogP) is 4.92. The summed E-state index contributed by atoms with van der Waals surface area (Å²) < 4.78 is 0.912. The summed E-state index contributed by atoms with van der Waals surface area (Å²) >= 11 is 3.37. The highest BCUT2D eigenvalue weighted by Crippen LogP contribution is 2.17. The van der Waals surface area contributed by atoms with Crippen molar-refractivity contribution in [2.24, 2.45) is 0 Å². The fourth-order valence-electron chi connectivity index (χ4n) is 2.71. The highest BCUT2D eigenvalue weighted by Gasteiger charge is 2.15. The van der Waals surface area contributed by atoms with Crippen molar-refractivity contribution in [1.29, 1.82) is 0 Å². The molecule has 3 aromatic carbocycles. The van der Waals surface area contributed by atoms with Crippen molar-refractivity contribution >= 4 is 45.2 Å². The van der Waals surface area contributed by atoms with Gasteiger partial charge in [0.25, 0.3) is 11.8 Å². The molecule has 0 aromatic heterocycles. The Labute approximate surface area is 184 Å². The lowest BCUT2D eigenvalue weighted by Crippen LogP contribution is -2.30. The van der Waals surface area contributed by atoms with Crippen LogP contribution < -0.4 is 15.5 Å². The quantitative estimate of drug-likeness (QED) is 0.509. The summed E-state index contributed by atoms with van der Waals surface area (Å²) in [5.41, 5.74) is 3.11. The molecule has 0 radical (unpaired) electrons. The van der Waals surface area contributed by atoms with Gasteiger partial charge in [-0.15, -0.1) is 0 Å². The van der Waals surface area contributed by atoms with Crippen LogP contribution >= 0.6 is 15.9 Å². The summed E-state index contributed by atoms with van der Waals surface area (Å²) in [6.45, 7) is 0. The van der Waals surface area contributed by atoms with Crippen LogP contribution in [0.1, 0.15) is 15.9 Å². The monoisotopic (exact) mass is 463 g/mol. The highest BCUT2D eigenvalue weighted by molar-refractivity contribution is 9.10. The summed E-state index contributed by atoms with van der Waals surface area (Å²) in [6.07, 6.45) is 1.66. The molecule has 2 N–H and O–H groups in total. The number of nitrogens with zero attached hydrogens (tertiary/aromatic N) is 1. The number of amides is 2. The van der Waals surface area contributed by atoms with Gasteiger partial charge in [-0.05, 0) is 60.2 Å². The molecular formula is C24H22BrN3O2. The molecule has 0 atom stereocenters. The minimum absolute atomic E-state index is 0.157. The molecule has 0 unspecified atom stereocenters. The first kappa shape index (κ1) is 21.3. The van der Waals surface area contributed by atoms with Crippen molar-refractivity contribution in [3.63, 3.8) is 0 Å². The second-order valence-corrected chi connectivity index (χ2v) is 7.74. The van der Waals surface area contributed by atoms with E-state index in [4.69, 9.17) is 0 Å². The van der Waals surface area contributed by atoms with Gasteiger partial charge in [0.2, 0.25) is 0 Å². The average molecular weight is 464 g/mol. The normalized spacial score (nSPS) is 11.0. The van der Waals surface area contributed by atoms with E-state index in [2.05, 4.69) is 26.6 Å². The van der Waals surface area contributed by atoms with Gasteiger partial charge in [0.15, 0.2) is 0 Å². The molecule has 2 amide bonds. The topological polar surface area (TPSA) is 61.4 Å². The largest absolute Gasteiger partial charge is 0.378 e. The van der Waals surface area contributed by atoms with E-state index in [0.29, 0.717) is 11.3 Å². The first-order valence-corrected chi connectivity index (χ1v) is 10.1. The Bertz CT molecular complexity index is 1040. The van der Waals surface area contributed by atoms with Gasteiger partial charge >= 0.3 is 0 Å². The molecule has 0 spiro atoms. The number of hydrogen-bond acceptors (Lipinski definition) is 3. The van der Waals surface area contributed by atoms with Gasteiger partial charge in [-0.1, -0.05) is 46.3 Å². The van der Waals surface area contributed by atoms with Gasteiger partial charge in [0.1, 0.15) is 5.70 Å². The number of rotatable bonds is 6. The molecule has 0 saturated heterocycles. The fourth-order valence-corrected chi connectivity index (χ4v) is 2.97. The maximum Gasteiger partial charge on any atom is 0.272 e. The lowest BCUT2D eigenvalue weighted by atomic mass is 10.1. The van der Waals surface area contributed by atoms with Gasteiger partial charge in [-0.2, -0.15) is 0 Å². The third-order valence-corrected chi connectivity index (χ3v) is 4.88. The molecule has 0 aliphatic rings. The molecule has 30 heavy (non-hydrogen) atoms. The average Bonchev–Trinajstić information content (AvgIpc) is 2.75. The van der Waals surface area contributed by atoms with Crippen LogP contribution in [0.25, 0.3) is 6.08 Å². The van der Waals surface area contributed by atoms with Crippen molar-refractivity contribution in [1.82, 2.24) is 5.32 Å². The van der Waals surface area contributed by atoms with Crippen LogP contribution in [-0.2, 0) is 4.79 Å². The zero-order chi connectivity index (χ0) is 21.5. The molecule has 0 bridgehead atoms. The number of halogens is 1. The lowest BCUT2D eigenvalue weighted by Gasteiger charge is -2.13. The van der Waals surface area contributed by atoms with E-state index in [0.717, 1.165) is 15.7 Å². The van der Waals surface area contributed by atoms with Crippen LogP contribution in [0.15, 0.2) is 89.0 Å². The van der Waals surface area contributed by atoms with Crippen LogP contribution in [0.2, 0.25) is 0 Å². The highest BCUT2D eigenvalue weighted by atomic mass is 79.9. The lowest BCUT2D eigenvalue weighted by molar-refractivity contribution is -0.113. The Hall–Kier alpha value is -3.38. The van der Waals surface area contributed by atoms with Crippen LogP contribution in [0.5, 0.6) is 0 Å². The van der Waals surface area contributed by atoms with E-state index in [1.807, 2.05) is 61.5 Å². The van der Waals surface area contributed by atoms with Crippen LogP contribution in [-0.4, -0.2) is 25.9 Å². The van der Waals surface area contributed by atoms with Crippen LogP contribution in [0.3, 0.4) is 0 Å². The van der Waals surface area contributed by atoms with Crippen molar-refractivity contribution < 1.29 is 9.59 Å². The smallest absolute Gasteiger partial charge is 0.272 e. The molecule has 6 heteroatoms. The molecule has 5 nitrogen and oxygen atoms in total. The number of hydrogen-bond donors (Lipinski definition) is 2. The van der Waals surface area contributed by atoms with Crippen LogP contribution in [0.4, 0.5) is 11.4 Å². The Morgan fingerprint density at radius 2 is 1.50 bits per heavy atom. The molecule has 0 aliphatic carbocycles. The molecule has 3 aromatic rings. The Balaban J connectivity index is 1.87. The molecule has 3 rings (SSSR count). The zero-order valence-corrected chi connectivity index (χ0v) is 18.3. The SMILES string of the molecule is CN(C)c1ccc(C=C(NC(=O)c2ccccc2)C(=O)Nc2ccc(Br)cc2)cc1. The summed E-state index contributed by atoms with van der Waals surface area (Å²) in [6, 6.07) is 23.7. The maximum absolute atomic E-state index is 12.9. The van der Waals surface area contributed by atoms with E-state index < -0.39 is 5.91 Å². The van der Waals surface area contributed by atoms with Crippen molar-refractivity contribution in [2.45, 2.75) is 0 Å². The van der Waals surface area contributed by atoms with E-state index >= 15 is 0 Å². The van der Waals surface area contributed by atoms with Crippen LogP contribution in [0, 0.1) is 0 Å². The van der Waals surface area contributed by atoms with Crippen molar-refractivity contribution in [2.75, 3.05) is 24.3 Å². The summed E-state index contributed by atoms with van der Waals surface area (Å²) in [4.78, 5) is 27.6. The molecule has 0 saturated carbocycles. The van der Waals surface area contributed by atoms with Gasteiger partial charge in [-0.3, -0.25) is 9.59 Å². The summed E-state index contributed by atoms with van der Waals surface area (Å²) in [5.74, 6) is -0.754. The van der Waals surface area contributed by atoms with Gasteiger partial charge in [0.05, 0.1) is 0 Å². The number of nitrogens with one attached hydrogen (secondary N) is 2. The van der Waals surface area contributed by atoms with E-state index in [-0.39, 0.29) is 11.6 Å². The summed E-state index contributed by atoms with van der Waals surface area (Å²) in [5, 5.41) is 5.57. The van der Waals surface area contributed by atoms with E-state index in [1.54, 1.807) is 42.5 Å². The van der Waals surface area contributed by atoms with Crippen molar-refractivity contribution in [3.8, 4) is 0 Å². The third kappa shape index (κ3) is 5.81. The minimum Gasteiger partial charge on any atom is -0.378 e. The van der Waals surface area contributed by atoms with E-state index in [1.165, 1.54) is 0 Å². The maximum atomic E-state index is 12.9. The number of carbonyl (C=O) groups is 2. The predicted molar refractivity (Wildman–Crippen MR) is 125 cm³/mol. The second kappa shape index (κ2) is 9.89. The Kier molecular flexibility index (Phi) is 7.03. The second-order valence-electron chi connectivity index (χ2n) is 6.83. The molecule has 0 aliphatic heterocycles. The van der Waals surface area contributed by atoms with Crippen molar-refractivity contribution in [3.05, 3.63) is 100 Å². The Morgan fingerprint density at radius 3 is 2.10 bits per heavy atom. The van der Waals surface area contributed by atoms with Gasteiger partial charge < -0.3 is 15.5 Å². The first-order valence-electron chi connectivity index (χ1n) is 9.35. The first-order chi connectivity index (χ1) is 14.4. The third-order valence-electron chi connectivity index (χ3n) is 4.35. The van der Waals surface area contributed by atoms with Gasteiger partial charge in [0, 0.05) is 35.5 Å². The standard InChI is InChI=1S/C24H22BrN3O2/c1-28(2)21-14-8-17(9-15-21)16-22(27-23(29)18-6-4-3-5-7-18)24(30)26-20-12-10-19(25)11-13-20/h3-16H,1-2H3,(H,26,30)(H,27,29). The molecule has 152 valence electrons. The molecular weight excluding hydrogens is 442 g/mol. The number of benzene rings is 3. The zero-order valence-electron chi connectivity index (χ0n) is 16.7.